The van der Waals surface area contributed by atoms with Crippen molar-refractivity contribution in [3.63, 3.8) is 0 Å². The minimum absolute atomic E-state index is 0.280. The maximum Gasteiger partial charge on any atom is 0.217 e. The summed E-state index contributed by atoms with van der Waals surface area (Å²) in [5.41, 5.74) is 4.08. The van der Waals surface area contributed by atoms with Crippen molar-refractivity contribution in [1.29, 1.82) is 0 Å². The molecule has 4 heterocycles. The molecule has 2 aliphatic rings. The predicted octanol–water partition coefficient (Wildman–Crippen LogP) is 7.15. The standard InChI is InChI=1S/C36H39Cl2N7O3S/c1-2-3-14-44-19-20-49-35(44)41-28-5-7-29(8-6-28)42-15-17-43(18-16-42)30-9-11-31(12-10-30)46-22-32-23-47-36(48-32,24-45-26-39-25-40-45)33-13-4-27(37)21-34(33)38/h4-13,19-21,25-26,32H,2-3,14-18,22-24H2,1H3. The lowest BCUT2D eigenvalue weighted by molar-refractivity contribution is -0.190. The Bertz CT molecular complexity index is 1870. The van der Waals surface area contributed by atoms with Crippen molar-refractivity contribution in [3.05, 3.63) is 111 Å². The van der Waals surface area contributed by atoms with E-state index < -0.39 is 5.79 Å². The minimum atomic E-state index is -1.14. The summed E-state index contributed by atoms with van der Waals surface area (Å²) in [6.45, 7) is 7.93. The van der Waals surface area contributed by atoms with Gasteiger partial charge in [-0.1, -0.05) is 42.6 Å². The zero-order valence-electron chi connectivity index (χ0n) is 27.3. The van der Waals surface area contributed by atoms with Crippen LogP contribution in [0.4, 0.5) is 17.1 Å². The number of ether oxygens (including phenoxy) is 3. The molecule has 0 bridgehead atoms. The molecule has 2 saturated heterocycles. The third-order valence-electron chi connectivity index (χ3n) is 8.81. The number of hydrogen-bond donors (Lipinski definition) is 0. The first-order valence-corrected chi connectivity index (χ1v) is 18.2. The van der Waals surface area contributed by atoms with E-state index in [-0.39, 0.29) is 12.6 Å². The van der Waals surface area contributed by atoms with E-state index in [4.69, 9.17) is 42.4 Å². The summed E-state index contributed by atoms with van der Waals surface area (Å²) in [5, 5.41) is 7.34. The number of thiazole rings is 1. The number of unbranched alkanes of at least 4 members (excludes halogenated alkanes) is 1. The van der Waals surface area contributed by atoms with Crippen LogP contribution < -0.4 is 19.3 Å². The van der Waals surface area contributed by atoms with Crippen LogP contribution in [-0.4, -0.2) is 64.8 Å². The monoisotopic (exact) mass is 719 g/mol. The van der Waals surface area contributed by atoms with Crippen LogP contribution in [0.15, 0.2) is 96.0 Å². The average molecular weight is 721 g/mol. The molecule has 256 valence electrons. The van der Waals surface area contributed by atoms with E-state index in [2.05, 4.69) is 79.3 Å². The third kappa shape index (κ3) is 7.97. The van der Waals surface area contributed by atoms with Gasteiger partial charge in [-0.25, -0.2) is 14.7 Å². The van der Waals surface area contributed by atoms with Crippen molar-refractivity contribution in [2.45, 2.75) is 44.7 Å². The molecule has 13 heteroatoms. The van der Waals surface area contributed by atoms with Crippen LogP contribution in [0.3, 0.4) is 0 Å². The second kappa shape index (κ2) is 15.3. The quantitative estimate of drug-likeness (QED) is 0.135. The van der Waals surface area contributed by atoms with Crippen LogP contribution in [0, 0.1) is 0 Å². The van der Waals surface area contributed by atoms with Gasteiger partial charge in [-0.05, 0) is 67.1 Å². The Hall–Kier alpha value is -3.87. The summed E-state index contributed by atoms with van der Waals surface area (Å²) in [6.07, 6.45) is 7.24. The number of piperazine rings is 1. The first-order chi connectivity index (χ1) is 24.0. The molecular weight excluding hydrogens is 681 g/mol. The van der Waals surface area contributed by atoms with Gasteiger partial charge in [0.25, 0.3) is 0 Å². The van der Waals surface area contributed by atoms with Crippen molar-refractivity contribution in [1.82, 2.24) is 19.3 Å². The molecule has 2 aromatic heterocycles. The summed E-state index contributed by atoms with van der Waals surface area (Å²) >= 11 is 14.4. The number of nitrogens with zero attached hydrogens (tertiary/aromatic N) is 7. The molecule has 0 saturated carbocycles. The van der Waals surface area contributed by atoms with Crippen LogP contribution in [0.2, 0.25) is 10.0 Å². The van der Waals surface area contributed by atoms with Crippen molar-refractivity contribution in [2.75, 3.05) is 49.2 Å². The zero-order valence-corrected chi connectivity index (χ0v) is 29.7. The fraction of sp³-hybridized carbons (Fsp3) is 0.361. The Balaban J connectivity index is 0.916. The van der Waals surface area contributed by atoms with Gasteiger partial charge in [-0.15, -0.1) is 11.3 Å². The van der Waals surface area contributed by atoms with Crippen molar-refractivity contribution >= 4 is 51.6 Å². The van der Waals surface area contributed by atoms with E-state index in [1.165, 1.54) is 24.1 Å². The van der Waals surface area contributed by atoms with Crippen molar-refractivity contribution in [2.24, 2.45) is 4.99 Å². The van der Waals surface area contributed by atoms with Crippen LogP contribution >= 0.6 is 34.5 Å². The minimum Gasteiger partial charge on any atom is -0.491 e. The maximum atomic E-state index is 6.59. The summed E-state index contributed by atoms with van der Waals surface area (Å²) in [5.74, 6) is -0.373. The van der Waals surface area contributed by atoms with Gasteiger partial charge in [0.1, 0.15) is 37.7 Å². The molecule has 5 aromatic rings. The molecule has 2 fully saturated rings. The van der Waals surface area contributed by atoms with E-state index in [1.54, 1.807) is 34.5 Å². The van der Waals surface area contributed by atoms with Gasteiger partial charge >= 0.3 is 0 Å². The second-order valence-electron chi connectivity index (χ2n) is 12.2. The molecule has 0 spiro atoms. The number of aromatic nitrogens is 4. The number of benzene rings is 3. The van der Waals surface area contributed by atoms with Gasteiger partial charge in [0.15, 0.2) is 4.80 Å². The number of halogens is 2. The second-order valence-corrected chi connectivity index (χ2v) is 13.9. The molecule has 2 aliphatic heterocycles. The van der Waals surface area contributed by atoms with E-state index in [1.807, 2.05) is 18.2 Å². The Morgan fingerprint density at radius 2 is 1.71 bits per heavy atom. The summed E-state index contributed by atoms with van der Waals surface area (Å²) in [6, 6.07) is 22.2. The topological polar surface area (TPSA) is 82.2 Å². The first kappa shape index (κ1) is 33.6. The Morgan fingerprint density at radius 3 is 2.39 bits per heavy atom. The number of rotatable bonds is 12. The molecule has 0 amide bonds. The van der Waals surface area contributed by atoms with Crippen LogP contribution in [0.25, 0.3) is 0 Å². The number of aryl methyl sites for hydroxylation is 1. The highest BCUT2D eigenvalue weighted by molar-refractivity contribution is 7.07. The van der Waals surface area contributed by atoms with E-state index >= 15 is 0 Å². The van der Waals surface area contributed by atoms with Crippen LogP contribution in [0.5, 0.6) is 5.75 Å². The molecule has 49 heavy (non-hydrogen) atoms. The molecule has 2 unspecified atom stereocenters. The lowest BCUT2D eigenvalue weighted by Crippen LogP contribution is -2.46. The highest BCUT2D eigenvalue weighted by atomic mass is 35.5. The van der Waals surface area contributed by atoms with E-state index in [0.29, 0.717) is 28.8 Å². The van der Waals surface area contributed by atoms with Crippen LogP contribution in [0.1, 0.15) is 25.3 Å². The fourth-order valence-electron chi connectivity index (χ4n) is 6.18. The molecule has 0 radical (unpaired) electrons. The average Bonchev–Trinajstić information content (AvgIpc) is 3.90. The van der Waals surface area contributed by atoms with Crippen molar-refractivity contribution < 1.29 is 14.2 Å². The van der Waals surface area contributed by atoms with Crippen molar-refractivity contribution in [3.8, 4) is 5.75 Å². The third-order valence-corrected chi connectivity index (χ3v) is 10.1. The molecule has 7 rings (SSSR count). The summed E-state index contributed by atoms with van der Waals surface area (Å²) in [4.78, 5) is 14.8. The number of anilines is 2. The lowest BCUT2D eigenvalue weighted by Gasteiger charge is -2.37. The maximum absolute atomic E-state index is 6.59. The highest BCUT2D eigenvalue weighted by Gasteiger charge is 2.45. The van der Waals surface area contributed by atoms with Gasteiger partial charge in [0.05, 0.1) is 17.3 Å². The van der Waals surface area contributed by atoms with Gasteiger partial charge in [0, 0.05) is 66.3 Å². The molecule has 3 aromatic carbocycles. The predicted molar refractivity (Wildman–Crippen MR) is 194 cm³/mol. The van der Waals surface area contributed by atoms with Gasteiger partial charge in [0.2, 0.25) is 5.79 Å². The fourth-order valence-corrected chi connectivity index (χ4v) is 7.51. The largest absolute Gasteiger partial charge is 0.491 e. The number of hydrogen-bond acceptors (Lipinski definition) is 9. The SMILES string of the molecule is CCCCn1ccsc1=Nc1ccc(N2CCN(c3ccc(OCC4COC(Cn5cncn5)(c5ccc(Cl)cc5Cl)O4)cc3)CC2)cc1. The summed E-state index contributed by atoms with van der Waals surface area (Å²) < 4.78 is 22.8. The Labute approximate surface area is 300 Å². The molecular formula is C36H39Cl2N7O3S. The molecule has 2 atom stereocenters. The molecule has 0 N–H and O–H groups in total. The van der Waals surface area contributed by atoms with Gasteiger partial charge in [-0.2, -0.15) is 5.10 Å². The van der Waals surface area contributed by atoms with Gasteiger partial charge in [-0.3, -0.25) is 0 Å². The van der Waals surface area contributed by atoms with E-state index in [9.17, 15) is 0 Å². The van der Waals surface area contributed by atoms with E-state index in [0.717, 1.165) is 55.4 Å². The molecule has 10 nitrogen and oxygen atoms in total. The smallest absolute Gasteiger partial charge is 0.217 e. The Morgan fingerprint density at radius 1 is 0.980 bits per heavy atom. The zero-order chi connectivity index (χ0) is 33.6. The molecule has 0 aliphatic carbocycles. The Kier molecular flexibility index (Phi) is 10.5. The van der Waals surface area contributed by atoms with Crippen LogP contribution in [-0.2, 0) is 28.4 Å². The first-order valence-electron chi connectivity index (χ1n) is 16.6. The highest BCUT2D eigenvalue weighted by Crippen LogP contribution is 2.40. The normalized spacial score (nSPS) is 19.9. The lowest BCUT2D eigenvalue weighted by atomic mass is 10.1. The summed E-state index contributed by atoms with van der Waals surface area (Å²) in [7, 11) is 0. The van der Waals surface area contributed by atoms with Gasteiger partial charge < -0.3 is 28.6 Å².